The summed E-state index contributed by atoms with van der Waals surface area (Å²) in [4.78, 5) is 24.9. The van der Waals surface area contributed by atoms with E-state index in [1.54, 1.807) is 4.90 Å². The number of carboxylic acids is 1. The third-order valence-electron chi connectivity index (χ3n) is 4.95. The van der Waals surface area contributed by atoms with Crippen LogP contribution in [0.5, 0.6) is 0 Å². The molecule has 1 aromatic rings. The van der Waals surface area contributed by atoms with Crippen molar-refractivity contribution in [2.45, 2.75) is 31.9 Å². The van der Waals surface area contributed by atoms with Crippen molar-refractivity contribution in [2.24, 2.45) is 5.41 Å². The lowest BCUT2D eigenvalue weighted by Crippen LogP contribution is -2.44. The van der Waals surface area contributed by atoms with E-state index in [9.17, 15) is 9.59 Å². The Labute approximate surface area is 135 Å². The normalized spacial score (nSPS) is 23.0. The number of ether oxygens (including phenoxy) is 1. The summed E-state index contributed by atoms with van der Waals surface area (Å²) in [5.74, 6) is -0.786. The zero-order valence-corrected chi connectivity index (χ0v) is 13.0. The molecule has 1 aromatic carbocycles. The Morgan fingerprint density at radius 3 is 2.57 bits per heavy atom. The molecule has 1 atom stereocenters. The maximum absolute atomic E-state index is 12.1. The summed E-state index contributed by atoms with van der Waals surface area (Å²) in [6, 6.07) is 9.16. The molecule has 2 aliphatic rings. The van der Waals surface area contributed by atoms with Gasteiger partial charge in [0.15, 0.2) is 0 Å². The first-order valence-corrected chi connectivity index (χ1v) is 8.00. The lowest BCUT2D eigenvalue weighted by molar-refractivity contribution is -0.139. The number of carboxylic acid groups (broad SMARTS) is 1. The summed E-state index contributed by atoms with van der Waals surface area (Å²) in [6.07, 6.45) is 2.01. The molecule has 6 nitrogen and oxygen atoms in total. The van der Waals surface area contributed by atoms with Crippen molar-refractivity contribution < 1.29 is 19.4 Å². The number of benzene rings is 1. The third-order valence-corrected chi connectivity index (χ3v) is 4.95. The average Bonchev–Trinajstić information content (AvgIpc) is 2.98. The van der Waals surface area contributed by atoms with Crippen LogP contribution in [0.1, 0.15) is 24.8 Å². The van der Waals surface area contributed by atoms with Crippen molar-refractivity contribution in [3.63, 3.8) is 0 Å². The summed E-state index contributed by atoms with van der Waals surface area (Å²) in [7, 11) is 0. The number of hydrogen-bond acceptors (Lipinski definition) is 4. The standard InChI is InChI=1S/C17H22N2O4/c20-15(21)14-10-17(12-18-14)6-8-19(9-7-17)16(22)23-11-13-4-2-1-3-5-13/h1-5,14,18H,6-12H2,(H,20,21)/t14-/m1/s1. The first-order chi connectivity index (χ1) is 11.1. The Balaban J connectivity index is 1.47. The second kappa shape index (κ2) is 6.58. The molecule has 0 saturated carbocycles. The number of piperidine rings is 1. The van der Waals surface area contributed by atoms with Crippen LogP contribution in [0.2, 0.25) is 0 Å². The molecule has 3 rings (SSSR count). The van der Waals surface area contributed by atoms with Crippen LogP contribution in [0.4, 0.5) is 4.79 Å². The zero-order chi connectivity index (χ0) is 16.3. The summed E-state index contributed by atoms with van der Waals surface area (Å²) < 4.78 is 5.36. The Morgan fingerprint density at radius 2 is 1.96 bits per heavy atom. The smallest absolute Gasteiger partial charge is 0.410 e. The second-order valence-electron chi connectivity index (χ2n) is 6.50. The SMILES string of the molecule is O=C(O)[C@H]1CC2(CCN(C(=O)OCc3ccccc3)CC2)CN1. The summed E-state index contributed by atoms with van der Waals surface area (Å²) >= 11 is 0. The molecule has 0 aliphatic carbocycles. The molecule has 124 valence electrons. The van der Waals surface area contributed by atoms with Gasteiger partial charge in [0.05, 0.1) is 0 Å². The van der Waals surface area contributed by atoms with Crippen LogP contribution in [0.25, 0.3) is 0 Å². The van der Waals surface area contributed by atoms with Gasteiger partial charge in [-0.1, -0.05) is 30.3 Å². The largest absolute Gasteiger partial charge is 0.480 e. The van der Waals surface area contributed by atoms with E-state index in [0.29, 0.717) is 19.5 Å². The maximum Gasteiger partial charge on any atom is 0.410 e. The Morgan fingerprint density at radius 1 is 1.26 bits per heavy atom. The van der Waals surface area contributed by atoms with Crippen LogP contribution in [-0.2, 0) is 16.1 Å². The highest BCUT2D eigenvalue weighted by Gasteiger charge is 2.44. The molecule has 0 unspecified atom stereocenters. The van der Waals surface area contributed by atoms with Crippen molar-refractivity contribution >= 4 is 12.1 Å². The van der Waals surface area contributed by atoms with Gasteiger partial charge >= 0.3 is 12.1 Å². The lowest BCUT2D eigenvalue weighted by Gasteiger charge is -2.38. The van der Waals surface area contributed by atoms with E-state index in [-0.39, 0.29) is 18.1 Å². The van der Waals surface area contributed by atoms with Gasteiger partial charge in [0.25, 0.3) is 0 Å². The van der Waals surface area contributed by atoms with Crippen molar-refractivity contribution in [3.8, 4) is 0 Å². The van der Waals surface area contributed by atoms with E-state index in [0.717, 1.165) is 24.9 Å². The van der Waals surface area contributed by atoms with E-state index < -0.39 is 12.0 Å². The van der Waals surface area contributed by atoms with Gasteiger partial charge in [0.1, 0.15) is 12.6 Å². The van der Waals surface area contributed by atoms with Crippen LogP contribution in [-0.4, -0.2) is 47.7 Å². The van der Waals surface area contributed by atoms with Crippen LogP contribution in [0, 0.1) is 5.41 Å². The first kappa shape index (κ1) is 15.8. The molecule has 2 heterocycles. The lowest BCUT2D eigenvalue weighted by atomic mass is 9.76. The highest BCUT2D eigenvalue weighted by Crippen LogP contribution is 2.39. The van der Waals surface area contributed by atoms with Gasteiger partial charge in [-0.3, -0.25) is 4.79 Å². The highest BCUT2D eigenvalue weighted by atomic mass is 16.6. The molecule has 0 bridgehead atoms. The monoisotopic (exact) mass is 318 g/mol. The molecule has 0 radical (unpaired) electrons. The average molecular weight is 318 g/mol. The third kappa shape index (κ3) is 3.64. The molecule has 0 aromatic heterocycles. The molecule has 2 fully saturated rings. The number of carbonyl (C=O) groups excluding carboxylic acids is 1. The van der Waals surface area contributed by atoms with Crippen molar-refractivity contribution in [3.05, 3.63) is 35.9 Å². The molecular weight excluding hydrogens is 296 g/mol. The van der Waals surface area contributed by atoms with Gasteiger partial charge in [-0.15, -0.1) is 0 Å². The second-order valence-corrected chi connectivity index (χ2v) is 6.50. The Hall–Kier alpha value is -2.08. The molecule has 2 saturated heterocycles. The van der Waals surface area contributed by atoms with Crippen LogP contribution >= 0.6 is 0 Å². The summed E-state index contributed by atoms with van der Waals surface area (Å²) in [6.45, 7) is 2.25. The zero-order valence-electron chi connectivity index (χ0n) is 13.0. The summed E-state index contributed by atoms with van der Waals surface area (Å²) in [5.41, 5.74) is 0.984. The Kier molecular flexibility index (Phi) is 4.52. The number of rotatable bonds is 3. The van der Waals surface area contributed by atoms with E-state index in [2.05, 4.69) is 5.32 Å². The fourth-order valence-electron chi connectivity index (χ4n) is 3.45. The Bertz CT molecular complexity index is 567. The molecule has 2 aliphatic heterocycles. The molecule has 1 spiro atoms. The van der Waals surface area contributed by atoms with Crippen LogP contribution < -0.4 is 5.32 Å². The molecule has 6 heteroatoms. The minimum atomic E-state index is -0.786. The van der Waals surface area contributed by atoms with Gasteiger partial charge < -0.3 is 20.1 Å². The predicted octanol–water partition coefficient (Wildman–Crippen LogP) is 1.85. The fourth-order valence-corrected chi connectivity index (χ4v) is 3.45. The van der Waals surface area contributed by atoms with Crippen molar-refractivity contribution in [2.75, 3.05) is 19.6 Å². The number of carbonyl (C=O) groups is 2. The number of amides is 1. The van der Waals surface area contributed by atoms with Gasteiger partial charge in [-0.25, -0.2) is 4.79 Å². The first-order valence-electron chi connectivity index (χ1n) is 8.00. The number of likely N-dealkylation sites (tertiary alicyclic amines) is 1. The minimum absolute atomic E-state index is 0.0132. The highest BCUT2D eigenvalue weighted by molar-refractivity contribution is 5.74. The number of nitrogens with one attached hydrogen (secondary N) is 1. The van der Waals surface area contributed by atoms with Crippen molar-refractivity contribution in [1.29, 1.82) is 0 Å². The fraction of sp³-hybridized carbons (Fsp3) is 0.529. The maximum atomic E-state index is 12.1. The number of nitrogens with zero attached hydrogens (tertiary/aromatic N) is 1. The molecule has 23 heavy (non-hydrogen) atoms. The van der Waals surface area contributed by atoms with E-state index >= 15 is 0 Å². The van der Waals surface area contributed by atoms with Gasteiger partial charge in [-0.05, 0) is 30.2 Å². The number of hydrogen-bond donors (Lipinski definition) is 2. The van der Waals surface area contributed by atoms with Gasteiger partial charge in [-0.2, -0.15) is 0 Å². The molecular formula is C17H22N2O4. The molecule has 1 amide bonds. The van der Waals surface area contributed by atoms with Crippen LogP contribution in [0.3, 0.4) is 0 Å². The van der Waals surface area contributed by atoms with Gasteiger partial charge in [0.2, 0.25) is 0 Å². The van der Waals surface area contributed by atoms with Crippen LogP contribution in [0.15, 0.2) is 30.3 Å². The predicted molar refractivity (Wildman–Crippen MR) is 83.9 cm³/mol. The van der Waals surface area contributed by atoms with E-state index in [1.165, 1.54) is 0 Å². The van der Waals surface area contributed by atoms with E-state index in [1.807, 2.05) is 30.3 Å². The summed E-state index contributed by atoms with van der Waals surface area (Å²) in [5, 5.41) is 12.2. The van der Waals surface area contributed by atoms with Gasteiger partial charge in [0, 0.05) is 19.6 Å². The minimum Gasteiger partial charge on any atom is -0.480 e. The molecule has 2 N–H and O–H groups in total. The quantitative estimate of drug-likeness (QED) is 0.889. The topological polar surface area (TPSA) is 78.9 Å². The van der Waals surface area contributed by atoms with Crippen molar-refractivity contribution in [1.82, 2.24) is 10.2 Å². The number of aliphatic carboxylic acids is 1. The van der Waals surface area contributed by atoms with E-state index in [4.69, 9.17) is 9.84 Å².